The maximum atomic E-state index is 9.87. The first-order valence-electron chi connectivity index (χ1n) is 6.94. The third kappa shape index (κ3) is 3.09. The van der Waals surface area contributed by atoms with Crippen LogP contribution in [-0.4, -0.2) is 23.4 Å². The van der Waals surface area contributed by atoms with Crippen molar-refractivity contribution in [2.24, 2.45) is 0 Å². The predicted molar refractivity (Wildman–Crippen MR) is 81.9 cm³/mol. The molecule has 2 rings (SSSR count). The fourth-order valence-corrected chi connectivity index (χ4v) is 2.57. The second-order valence-corrected chi connectivity index (χ2v) is 5.63. The summed E-state index contributed by atoms with van der Waals surface area (Å²) in [5.41, 5.74) is 3.86. The van der Waals surface area contributed by atoms with Gasteiger partial charge in [0.15, 0.2) is 0 Å². The lowest BCUT2D eigenvalue weighted by Gasteiger charge is -2.31. The van der Waals surface area contributed by atoms with Gasteiger partial charge in [-0.15, -0.1) is 0 Å². The molecule has 2 nitrogen and oxygen atoms in total. The minimum atomic E-state index is -0.624. The summed E-state index contributed by atoms with van der Waals surface area (Å²) in [5, 5.41) is 19.7. The van der Waals surface area contributed by atoms with Gasteiger partial charge in [-0.3, -0.25) is 0 Å². The van der Waals surface area contributed by atoms with Crippen LogP contribution in [0.25, 0.3) is 0 Å². The number of aliphatic hydroxyl groups is 2. The van der Waals surface area contributed by atoms with Crippen molar-refractivity contribution in [3.05, 3.63) is 70.8 Å². The van der Waals surface area contributed by atoms with Gasteiger partial charge in [0.2, 0.25) is 0 Å². The van der Waals surface area contributed by atoms with Gasteiger partial charge in [0.05, 0.1) is 13.2 Å². The summed E-state index contributed by atoms with van der Waals surface area (Å²) in [4.78, 5) is 0. The lowest BCUT2D eigenvalue weighted by atomic mass is 9.76. The monoisotopic (exact) mass is 270 g/mol. The van der Waals surface area contributed by atoms with E-state index in [-0.39, 0.29) is 13.2 Å². The maximum Gasteiger partial charge on any atom is 0.0553 e. The number of hydrogen-bond donors (Lipinski definition) is 2. The normalized spacial score (nSPS) is 11.6. The first-order valence-corrected chi connectivity index (χ1v) is 6.94. The highest BCUT2D eigenvalue weighted by Gasteiger charge is 2.31. The highest BCUT2D eigenvalue weighted by molar-refractivity contribution is 5.33. The molecule has 0 aliphatic carbocycles. The molecule has 0 aromatic heterocycles. The number of rotatable bonds is 5. The van der Waals surface area contributed by atoms with Crippen LogP contribution >= 0.6 is 0 Å². The minimum Gasteiger partial charge on any atom is -0.395 e. The topological polar surface area (TPSA) is 40.5 Å². The summed E-state index contributed by atoms with van der Waals surface area (Å²) in [6, 6.07) is 16.2. The first-order chi connectivity index (χ1) is 9.59. The molecule has 0 aliphatic rings. The smallest absolute Gasteiger partial charge is 0.0553 e. The van der Waals surface area contributed by atoms with Crippen LogP contribution in [0.5, 0.6) is 0 Å². The molecule has 0 aliphatic heterocycles. The van der Waals surface area contributed by atoms with Gasteiger partial charge in [0, 0.05) is 5.41 Å². The molecule has 106 valence electrons. The Labute approximate surface area is 120 Å². The largest absolute Gasteiger partial charge is 0.395 e. The molecule has 0 amide bonds. The molecular weight excluding hydrogens is 248 g/mol. The van der Waals surface area contributed by atoms with Crippen molar-refractivity contribution in [2.75, 3.05) is 13.2 Å². The van der Waals surface area contributed by atoms with Gasteiger partial charge in [-0.25, -0.2) is 0 Å². The molecule has 2 aromatic carbocycles. The van der Waals surface area contributed by atoms with Crippen molar-refractivity contribution in [3.63, 3.8) is 0 Å². The van der Waals surface area contributed by atoms with Gasteiger partial charge >= 0.3 is 0 Å². The van der Waals surface area contributed by atoms with Crippen LogP contribution in [0.3, 0.4) is 0 Å². The fraction of sp³-hybridized carbons (Fsp3) is 0.333. The quantitative estimate of drug-likeness (QED) is 0.877. The summed E-state index contributed by atoms with van der Waals surface area (Å²) < 4.78 is 0. The third-order valence-corrected chi connectivity index (χ3v) is 3.89. The van der Waals surface area contributed by atoms with Crippen molar-refractivity contribution in [1.82, 2.24) is 0 Å². The Morgan fingerprint density at radius 2 is 1.50 bits per heavy atom. The van der Waals surface area contributed by atoms with Gasteiger partial charge in [-0.1, -0.05) is 59.7 Å². The van der Waals surface area contributed by atoms with E-state index in [1.165, 1.54) is 11.1 Å². The molecule has 0 fully saturated rings. The third-order valence-electron chi connectivity index (χ3n) is 3.89. The van der Waals surface area contributed by atoms with Gasteiger partial charge in [0.1, 0.15) is 0 Å². The Morgan fingerprint density at radius 1 is 0.850 bits per heavy atom. The van der Waals surface area contributed by atoms with Gasteiger partial charge < -0.3 is 10.2 Å². The number of benzene rings is 2. The highest BCUT2D eigenvalue weighted by Crippen LogP contribution is 2.28. The lowest BCUT2D eigenvalue weighted by Crippen LogP contribution is -2.37. The van der Waals surface area contributed by atoms with E-state index < -0.39 is 5.41 Å². The van der Waals surface area contributed by atoms with E-state index in [0.29, 0.717) is 6.42 Å². The van der Waals surface area contributed by atoms with Crippen LogP contribution in [0, 0.1) is 13.8 Å². The van der Waals surface area contributed by atoms with Crippen molar-refractivity contribution in [3.8, 4) is 0 Å². The predicted octanol–water partition coefficient (Wildman–Crippen LogP) is 2.77. The van der Waals surface area contributed by atoms with Crippen LogP contribution in [0.15, 0.2) is 48.5 Å². The molecule has 2 heteroatoms. The standard InChI is InChI=1S/C18H22O2/c1-14-6-8-17(9-7-14)18(12-19,13-20)11-16-5-3-4-15(2)10-16/h3-10,19-20H,11-13H2,1-2H3. The van der Waals surface area contributed by atoms with E-state index in [2.05, 4.69) is 19.1 Å². The Morgan fingerprint density at radius 3 is 2.05 bits per heavy atom. The van der Waals surface area contributed by atoms with Crippen LogP contribution in [0.2, 0.25) is 0 Å². The molecule has 0 saturated heterocycles. The van der Waals surface area contributed by atoms with Crippen LogP contribution in [-0.2, 0) is 11.8 Å². The summed E-state index contributed by atoms with van der Waals surface area (Å²) in [7, 11) is 0. The van der Waals surface area contributed by atoms with Gasteiger partial charge in [-0.05, 0) is 31.4 Å². The van der Waals surface area contributed by atoms with E-state index in [1.54, 1.807) is 0 Å². The molecule has 0 unspecified atom stereocenters. The Hall–Kier alpha value is -1.64. The van der Waals surface area contributed by atoms with Crippen LogP contribution < -0.4 is 0 Å². The Kier molecular flexibility index (Phi) is 4.58. The maximum absolute atomic E-state index is 9.87. The molecule has 0 radical (unpaired) electrons. The number of aliphatic hydroxyl groups excluding tert-OH is 2. The fourth-order valence-electron chi connectivity index (χ4n) is 2.57. The van der Waals surface area contributed by atoms with E-state index >= 15 is 0 Å². The summed E-state index contributed by atoms with van der Waals surface area (Å²) >= 11 is 0. The molecular formula is C18H22O2. The molecule has 0 atom stereocenters. The molecule has 2 aromatic rings. The first kappa shape index (κ1) is 14.8. The van der Waals surface area contributed by atoms with Crippen LogP contribution in [0.4, 0.5) is 0 Å². The molecule has 0 bridgehead atoms. The second kappa shape index (κ2) is 6.21. The van der Waals surface area contributed by atoms with Crippen LogP contribution in [0.1, 0.15) is 22.3 Å². The molecule has 2 N–H and O–H groups in total. The number of hydrogen-bond acceptors (Lipinski definition) is 2. The van der Waals surface area contributed by atoms with E-state index in [1.807, 2.05) is 43.3 Å². The zero-order chi connectivity index (χ0) is 14.6. The summed E-state index contributed by atoms with van der Waals surface area (Å²) in [6.45, 7) is 3.94. The average Bonchev–Trinajstić information content (AvgIpc) is 2.46. The second-order valence-electron chi connectivity index (χ2n) is 5.63. The summed E-state index contributed by atoms with van der Waals surface area (Å²) in [5.74, 6) is 0. The van der Waals surface area contributed by atoms with Crippen molar-refractivity contribution in [1.29, 1.82) is 0 Å². The molecule has 0 heterocycles. The Bertz CT molecular complexity index is 554. The zero-order valence-corrected chi connectivity index (χ0v) is 12.1. The van der Waals surface area contributed by atoms with Crippen molar-refractivity contribution < 1.29 is 10.2 Å². The van der Waals surface area contributed by atoms with Gasteiger partial charge in [0.25, 0.3) is 0 Å². The molecule has 20 heavy (non-hydrogen) atoms. The molecule has 0 spiro atoms. The highest BCUT2D eigenvalue weighted by atomic mass is 16.3. The average molecular weight is 270 g/mol. The number of aryl methyl sites for hydroxylation is 2. The zero-order valence-electron chi connectivity index (χ0n) is 12.1. The van der Waals surface area contributed by atoms with E-state index in [4.69, 9.17) is 0 Å². The van der Waals surface area contributed by atoms with Gasteiger partial charge in [-0.2, -0.15) is 0 Å². The van der Waals surface area contributed by atoms with E-state index in [0.717, 1.165) is 11.1 Å². The van der Waals surface area contributed by atoms with Crippen molar-refractivity contribution >= 4 is 0 Å². The molecule has 0 saturated carbocycles. The Balaban J connectivity index is 2.36. The van der Waals surface area contributed by atoms with Crippen molar-refractivity contribution in [2.45, 2.75) is 25.7 Å². The minimum absolute atomic E-state index is 0.0689. The SMILES string of the molecule is Cc1ccc(C(CO)(CO)Cc2cccc(C)c2)cc1. The summed E-state index contributed by atoms with van der Waals surface area (Å²) in [6.07, 6.45) is 0.630. The lowest BCUT2D eigenvalue weighted by molar-refractivity contribution is 0.116. The van der Waals surface area contributed by atoms with E-state index in [9.17, 15) is 10.2 Å².